The first kappa shape index (κ1) is 84.1. The number of carbonyl (C=O) groups is 4. The van der Waals surface area contributed by atoms with Gasteiger partial charge in [-0.15, -0.1) is 0 Å². The Labute approximate surface area is 524 Å². The van der Waals surface area contributed by atoms with Gasteiger partial charge in [-0.05, 0) is 37.5 Å². The van der Waals surface area contributed by atoms with Crippen LogP contribution in [0.25, 0.3) is 0 Å². The van der Waals surface area contributed by atoms with Gasteiger partial charge in [0.1, 0.15) is 19.3 Å². The third kappa shape index (κ3) is 60.9. The molecule has 0 amide bonds. The lowest BCUT2D eigenvalue weighted by Gasteiger charge is -2.21. The number of rotatable bonds is 66. The number of ether oxygens (including phenoxy) is 4. The number of carbonyl (C=O) groups excluding carboxylic acids is 4. The Hall–Kier alpha value is -1.94. The summed E-state index contributed by atoms with van der Waals surface area (Å²) in [7, 11) is -9.89. The minimum absolute atomic E-state index is 0.103. The quantitative estimate of drug-likeness (QED) is 0.0222. The van der Waals surface area contributed by atoms with E-state index in [0.29, 0.717) is 31.6 Å². The van der Waals surface area contributed by atoms with Crippen LogP contribution < -0.4 is 0 Å². The molecule has 0 rings (SSSR count). The van der Waals surface area contributed by atoms with Gasteiger partial charge < -0.3 is 33.8 Å². The van der Waals surface area contributed by atoms with Gasteiger partial charge in [0.2, 0.25) is 0 Å². The molecule has 0 fully saturated rings. The minimum Gasteiger partial charge on any atom is -0.462 e. The number of aliphatic hydroxyl groups is 1. The molecule has 0 spiro atoms. The number of hydrogen-bond donors (Lipinski definition) is 3. The molecule has 2 unspecified atom stereocenters. The SMILES string of the molecule is CCCCCCCCCCCCCC(=O)OC[C@H](COP(=O)(O)OC[C@@H](O)COP(=O)(O)OC[C@@H](COC(=O)CCCCCCCCCCC)OC(=O)CCCCCCCCCC(C)C)OC(=O)CCCCCCCCCCCCCCCC(C)C. The maximum Gasteiger partial charge on any atom is 0.472 e. The highest BCUT2D eigenvalue weighted by molar-refractivity contribution is 7.47. The van der Waals surface area contributed by atoms with E-state index in [-0.39, 0.29) is 25.7 Å². The van der Waals surface area contributed by atoms with Crippen LogP contribution >= 0.6 is 15.6 Å². The lowest BCUT2D eigenvalue weighted by Crippen LogP contribution is -2.30. The first-order chi connectivity index (χ1) is 41.4. The monoisotopic (exact) mass is 1270 g/mol. The number of phosphoric acid groups is 2. The molecule has 0 aliphatic rings. The lowest BCUT2D eigenvalue weighted by atomic mass is 10.0. The second-order valence-corrected chi connectivity index (χ2v) is 28.1. The van der Waals surface area contributed by atoms with E-state index in [2.05, 4.69) is 41.5 Å². The molecule has 17 nitrogen and oxygen atoms in total. The molecule has 0 saturated carbocycles. The van der Waals surface area contributed by atoms with Crippen LogP contribution in [0.2, 0.25) is 0 Å². The van der Waals surface area contributed by atoms with Crippen molar-refractivity contribution in [3.63, 3.8) is 0 Å². The Bertz CT molecular complexity index is 1680. The van der Waals surface area contributed by atoms with E-state index in [1.807, 2.05) is 0 Å². The van der Waals surface area contributed by atoms with Crippen molar-refractivity contribution in [3.05, 3.63) is 0 Å². The fourth-order valence-electron chi connectivity index (χ4n) is 10.1. The molecule has 5 atom stereocenters. The molecule has 0 radical (unpaired) electrons. The van der Waals surface area contributed by atoms with Gasteiger partial charge in [0.25, 0.3) is 0 Å². The number of aliphatic hydroxyl groups excluding tert-OH is 1. The summed E-state index contributed by atoms with van der Waals surface area (Å²) in [4.78, 5) is 72.3. The molecule has 0 heterocycles. The first-order valence-electron chi connectivity index (χ1n) is 35.0. The summed E-state index contributed by atoms with van der Waals surface area (Å²) >= 11 is 0. The van der Waals surface area contributed by atoms with E-state index in [1.165, 1.54) is 154 Å². The normalized spacial score (nSPS) is 14.2. The highest BCUT2D eigenvalue weighted by Crippen LogP contribution is 2.45. The van der Waals surface area contributed by atoms with E-state index >= 15 is 0 Å². The van der Waals surface area contributed by atoms with Crippen molar-refractivity contribution >= 4 is 39.5 Å². The predicted molar refractivity (Wildman–Crippen MR) is 345 cm³/mol. The standard InChI is InChI=1S/C67H130O17P2/c1-7-9-11-13-15-17-21-26-32-38-44-50-65(70)78-55-62(83-66(71)51-45-39-33-27-23-20-18-19-22-25-29-35-41-47-59(3)4)57-81-85(73,74)79-53-61(68)54-80-86(75,76)82-58-63(56-77-64(69)49-43-37-31-24-16-14-12-10-8-2)84-67(72)52-46-40-34-28-30-36-42-48-60(5)6/h59-63,68H,7-58H2,1-6H3,(H,73,74)(H,75,76)/t61-,62-,63-/m1/s1. The van der Waals surface area contributed by atoms with Gasteiger partial charge in [-0.2, -0.15) is 0 Å². The van der Waals surface area contributed by atoms with Gasteiger partial charge >= 0.3 is 39.5 Å². The van der Waals surface area contributed by atoms with Crippen molar-refractivity contribution in [3.8, 4) is 0 Å². The van der Waals surface area contributed by atoms with E-state index in [4.69, 9.17) is 37.0 Å². The molecule has 0 saturated heterocycles. The molecule has 3 N–H and O–H groups in total. The smallest absolute Gasteiger partial charge is 0.462 e. The Morgan fingerprint density at radius 1 is 0.314 bits per heavy atom. The average Bonchev–Trinajstić information content (AvgIpc) is 3.60. The van der Waals surface area contributed by atoms with E-state index in [1.54, 1.807) is 0 Å². The maximum atomic E-state index is 13.0. The van der Waals surface area contributed by atoms with Gasteiger partial charge in [0, 0.05) is 25.7 Å². The number of unbranched alkanes of at least 4 members (excludes halogenated alkanes) is 36. The number of esters is 4. The number of phosphoric ester groups is 2. The predicted octanol–water partition coefficient (Wildman–Crippen LogP) is 18.8. The van der Waals surface area contributed by atoms with Gasteiger partial charge in [0.05, 0.1) is 26.4 Å². The van der Waals surface area contributed by atoms with Gasteiger partial charge in [0.15, 0.2) is 12.2 Å². The van der Waals surface area contributed by atoms with Crippen LogP contribution in [0, 0.1) is 11.8 Å². The minimum atomic E-state index is -4.95. The van der Waals surface area contributed by atoms with Gasteiger partial charge in [-0.1, -0.05) is 286 Å². The Morgan fingerprint density at radius 2 is 0.535 bits per heavy atom. The number of hydrogen-bond acceptors (Lipinski definition) is 15. The Morgan fingerprint density at radius 3 is 0.791 bits per heavy atom. The zero-order valence-electron chi connectivity index (χ0n) is 55.6. The van der Waals surface area contributed by atoms with Gasteiger partial charge in [-0.25, -0.2) is 9.13 Å². The van der Waals surface area contributed by atoms with Crippen molar-refractivity contribution in [2.24, 2.45) is 11.8 Å². The van der Waals surface area contributed by atoms with E-state index in [0.717, 1.165) is 95.8 Å². The molecule has 0 aromatic heterocycles. The molecule has 0 aliphatic carbocycles. The molecule has 0 aliphatic heterocycles. The molecule has 0 aromatic carbocycles. The van der Waals surface area contributed by atoms with Crippen LogP contribution in [0.4, 0.5) is 0 Å². The summed E-state index contributed by atoms with van der Waals surface area (Å²) < 4.78 is 68.1. The molecule has 0 aromatic rings. The highest BCUT2D eigenvalue weighted by atomic mass is 31.2. The summed E-state index contributed by atoms with van der Waals surface area (Å²) in [5.41, 5.74) is 0. The van der Waals surface area contributed by atoms with Crippen LogP contribution in [0.15, 0.2) is 0 Å². The fourth-order valence-corrected chi connectivity index (χ4v) is 11.6. The molecular weight excluding hydrogens is 1140 g/mol. The summed E-state index contributed by atoms with van der Waals surface area (Å²) in [5, 5.41) is 10.6. The average molecular weight is 1270 g/mol. The summed E-state index contributed by atoms with van der Waals surface area (Å²) in [6.07, 6.45) is 43.1. The third-order valence-corrected chi connectivity index (χ3v) is 17.4. The largest absolute Gasteiger partial charge is 0.472 e. The Balaban J connectivity index is 5.22. The zero-order valence-corrected chi connectivity index (χ0v) is 57.4. The van der Waals surface area contributed by atoms with Crippen molar-refractivity contribution in [1.82, 2.24) is 0 Å². The van der Waals surface area contributed by atoms with E-state index < -0.39 is 97.5 Å². The molecule has 0 bridgehead atoms. The topological polar surface area (TPSA) is 237 Å². The molecule has 510 valence electrons. The second-order valence-electron chi connectivity index (χ2n) is 25.2. The van der Waals surface area contributed by atoms with Crippen molar-refractivity contribution < 1.29 is 80.2 Å². The van der Waals surface area contributed by atoms with Crippen molar-refractivity contribution in [2.45, 2.75) is 355 Å². The first-order valence-corrected chi connectivity index (χ1v) is 38.0. The van der Waals surface area contributed by atoms with E-state index in [9.17, 15) is 43.2 Å². The summed E-state index contributed by atoms with van der Waals surface area (Å²) in [5.74, 6) is -0.648. The maximum absolute atomic E-state index is 13.0. The third-order valence-electron chi connectivity index (χ3n) is 15.5. The second kappa shape index (κ2) is 59.4. The van der Waals surface area contributed by atoms with Crippen LogP contribution in [0.3, 0.4) is 0 Å². The molecular formula is C67H130O17P2. The van der Waals surface area contributed by atoms with Crippen molar-refractivity contribution in [1.29, 1.82) is 0 Å². The molecule has 19 heteroatoms. The Kier molecular flexibility index (Phi) is 58.0. The summed E-state index contributed by atoms with van der Waals surface area (Å²) in [6, 6.07) is 0. The van der Waals surface area contributed by atoms with Crippen LogP contribution in [-0.2, 0) is 65.4 Å². The van der Waals surface area contributed by atoms with Crippen LogP contribution in [0.5, 0.6) is 0 Å². The van der Waals surface area contributed by atoms with Crippen LogP contribution in [-0.4, -0.2) is 96.7 Å². The zero-order chi connectivity index (χ0) is 63.6. The highest BCUT2D eigenvalue weighted by Gasteiger charge is 2.30. The van der Waals surface area contributed by atoms with Crippen molar-refractivity contribution in [2.75, 3.05) is 39.6 Å². The van der Waals surface area contributed by atoms with Crippen LogP contribution in [0.1, 0.15) is 337 Å². The fraction of sp³-hybridized carbons (Fsp3) is 0.940. The lowest BCUT2D eigenvalue weighted by molar-refractivity contribution is -0.161. The summed E-state index contributed by atoms with van der Waals surface area (Å²) in [6.45, 7) is 9.46. The molecule has 86 heavy (non-hydrogen) atoms. The van der Waals surface area contributed by atoms with Gasteiger partial charge in [-0.3, -0.25) is 37.3 Å².